The molecule has 1 saturated heterocycles. The van der Waals surface area contributed by atoms with Crippen LogP contribution >= 0.6 is 0 Å². The maximum atomic E-state index is 13.6. The molecule has 32 heavy (non-hydrogen) atoms. The summed E-state index contributed by atoms with van der Waals surface area (Å²) in [5.41, 5.74) is 2.30. The highest BCUT2D eigenvalue weighted by molar-refractivity contribution is 7.89. The zero-order valence-corrected chi connectivity index (χ0v) is 18.8. The van der Waals surface area contributed by atoms with Gasteiger partial charge in [-0.2, -0.15) is 4.31 Å². The number of hydrogen-bond acceptors (Lipinski definition) is 6. The van der Waals surface area contributed by atoms with Crippen molar-refractivity contribution in [2.24, 2.45) is 0 Å². The highest BCUT2D eigenvalue weighted by atomic mass is 32.2. The maximum Gasteiger partial charge on any atom is 0.325 e. The Hall–Kier alpha value is -2.82. The van der Waals surface area contributed by atoms with Crippen molar-refractivity contribution in [2.75, 3.05) is 18.5 Å². The lowest BCUT2D eigenvalue weighted by Crippen LogP contribution is -2.42. The molecule has 0 radical (unpaired) electrons. The number of sulfonamides is 1. The fraction of sp³-hybridized carbons (Fsp3) is 0.364. The Labute approximate surface area is 186 Å². The van der Waals surface area contributed by atoms with Crippen LogP contribution in [0.25, 0.3) is 0 Å². The van der Waals surface area contributed by atoms with E-state index in [2.05, 4.69) is 5.32 Å². The van der Waals surface area contributed by atoms with Gasteiger partial charge in [0, 0.05) is 18.7 Å². The number of aliphatic hydroxyl groups excluding tert-OH is 1. The Morgan fingerprint density at radius 3 is 2.47 bits per heavy atom. The van der Waals surface area contributed by atoms with Crippen molar-refractivity contribution in [3.63, 3.8) is 0 Å². The molecule has 1 aliphatic heterocycles. The number of carbonyl (C=O) groups is 2. The first-order chi connectivity index (χ1) is 15.0. The van der Waals surface area contributed by atoms with Crippen molar-refractivity contribution in [3.8, 4) is 0 Å². The van der Waals surface area contributed by atoms with Crippen LogP contribution in [0, 0.1) is 26.6 Å². The molecule has 1 amide bonds. The van der Waals surface area contributed by atoms with E-state index in [1.54, 1.807) is 19.9 Å². The van der Waals surface area contributed by atoms with Gasteiger partial charge in [-0.1, -0.05) is 12.1 Å². The molecule has 0 saturated carbocycles. The fourth-order valence-corrected chi connectivity index (χ4v) is 5.09. The van der Waals surface area contributed by atoms with Gasteiger partial charge in [0.05, 0.1) is 11.0 Å². The van der Waals surface area contributed by atoms with Crippen molar-refractivity contribution < 1.29 is 32.2 Å². The molecule has 1 aliphatic rings. The van der Waals surface area contributed by atoms with E-state index in [1.807, 2.05) is 6.92 Å². The fourth-order valence-electron chi connectivity index (χ4n) is 3.37. The number of anilines is 1. The number of aliphatic hydroxyl groups is 1. The Bertz CT molecular complexity index is 1150. The van der Waals surface area contributed by atoms with Gasteiger partial charge in [-0.05, 0) is 61.7 Å². The smallest absolute Gasteiger partial charge is 0.325 e. The quantitative estimate of drug-likeness (QED) is 0.633. The number of hydrogen-bond donors (Lipinski definition) is 2. The number of rotatable bonds is 6. The summed E-state index contributed by atoms with van der Waals surface area (Å²) in [5.74, 6) is -2.14. The minimum Gasteiger partial charge on any atom is -0.454 e. The number of aryl methyl sites for hydroxylation is 3. The number of benzene rings is 2. The normalized spacial score (nSPS) is 19.0. The minimum atomic E-state index is -4.07. The lowest BCUT2D eigenvalue weighted by Gasteiger charge is -2.22. The van der Waals surface area contributed by atoms with E-state index in [0.29, 0.717) is 5.56 Å². The van der Waals surface area contributed by atoms with Crippen molar-refractivity contribution >= 4 is 27.6 Å². The van der Waals surface area contributed by atoms with E-state index in [4.69, 9.17) is 4.74 Å². The molecule has 0 bridgehead atoms. The first-order valence-electron chi connectivity index (χ1n) is 9.99. The van der Waals surface area contributed by atoms with Gasteiger partial charge in [0.1, 0.15) is 11.9 Å². The summed E-state index contributed by atoms with van der Waals surface area (Å²) in [6.07, 6.45) is -1.19. The summed E-state index contributed by atoms with van der Waals surface area (Å²) in [5, 5.41) is 12.4. The molecule has 1 unspecified atom stereocenters. The van der Waals surface area contributed by atoms with Crippen molar-refractivity contribution in [1.29, 1.82) is 0 Å². The monoisotopic (exact) mass is 464 g/mol. The summed E-state index contributed by atoms with van der Waals surface area (Å²) < 4.78 is 45.7. The molecule has 2 aromatic carbocycles. The van der Waals surface area contributed by atoms with Crippen LogP contribution in [0.4, 0.5) is 10.1 Å². The Morgan fingerprint density at radius 2 is 1.81 bits per heavy atom. The van der Waals surface area contributed by atoms with Gasteiger partial charge in [-0.3, -0.25) is 9.59 Å². The molecule has 2 atom stereocenters. The lowest BCUT2D eigenvalue weighted by atomic mass is 10.1. The number of esters is 1. The summed E-state index contributed by atoms with van der Waals surface area (Å²) in [6.45, 7) is 4.26. The van der Waals surface area contributed by atoms with E-state index in [0.717, 1.165) is 21.5 Å². The summed E-state index contributed by atoms with van der Waals surface area (Å²) in [4.78, 5) is 24.7. The van der Waals surface area contributed by atoms with Crippen LogP contribution in [0.15, 0.2) is 41.3 Å². The predicted octanol–water partition coefficient (Wildman–Crippen LogP) is 2.06. The molecule has 0 spiro atoms. The number of ether oxygens (including phenoxy) is 1. The molecular formula is C22H25FN2O6S. The van der Waals surface area contributed by atoms with Gasteiger partial charge in [-0.15, -0.1) is 0 Å². The molecule has 10 heteroatoms. The molecule has 1 heterocycles. The SMILES string of the molecule is Cc1ccc(S(=O)(=O)N2CC(O)C[C@H]2C(=O)OCC(=O)Nc2ccc(C)c(F)c2)cc1C. The largest absolute Gasteiger partial charge is 0.454 e. The van der Waals surface area contributed by atoms with Crippen molar-refractivity contribution in [3.05, 3.63) is 58.9 Å². The van der Waals surface area contributed by atoms with E-state index in [1.165, 1.54) is 24.3 Å². The zero-order chi connectivity index (χ0) is 23.6. The first-order valence-corrected chi connectivity index (χ1v) is 11.4. The Kier molecular flexibility index (Phi) is 6.97. The van der Waals surface area contributed by atoms with E-state index >= 15 is 0 Å². The molecule has 2 N–H and O–H groups in total. The molecule has 2 aromatic rings. The topological polar surface area (TPSA) is 113 Å². The van der Waals surface area contributed by atoms with Gasteiger partial charge < -0.3 is 15.2 Å². The number of carbonyl (C=O) groups excluding carboxylic acids is 2. The molecular weight excluding hydrogens is 439 g/mol. The second-order valence-electron chi connectivity index (χ2n) is 7.85. The van der Waals surface area contributed by atoms with Gasteiger partial charge in [-0.25, -0.2) is 12.8 Å². The number of halogens is 1. The molecule has 8 nitrogen and oxygen atoms in total. The van der Waals surface area contributed by atoms with Crippen LogP contribution < -0.4 is 5.32 Å². The minimum absolute atomic E-state index is 0.00615. The summed E-state index contributed by atoms with van der Waals surface area (Å²) in [6, 6.07) is 7.49. The van der Waals surface area contributed by atoms with Gasteiger partial charge >= 0.3 is 5.97 Å². The summed E-state index contributed by atoms with van der Waals surface area (Å²) in [7, 11) is -4.07. The van der Waals surface area contributed by atoms with Crippen LogP contribution in [0.5, 0.6) is 0 Å². The highest BCUT2D eigenvalue weighted by Crippen LogP contribution is 2.28. The number of β-amino-alcohol motifs (C(OH)–C–C–N with tert-alkyl or cyclic N) is 1. The standard InChI is InChI=1S/C22H25FN2O6S/c1-13-5-7-18(8-15(13)3)32(29,30)25-11-17(26)10-20(25)22(28)31-12-21(27)24-16-6-4-14(2)19(23)9-16/h4-9,17,20,26H,10-12H2,1-3H3,(H,24,27)/t17?,20-/m0/s1. The molecule has 172 valence electrons. The first kappa shape index (κ1) is 23.8. The Morgan fingerprint density at radius 1 is 1.12 bits per heavy atom. The van der Waals surface area contributed by atoms with Crippen LogP contribution in [0.1, 0.15) is 23.1 Å². The van der Waals surface area contributed by atoms with Gasteiger partial charge in [0.25, 0.3) is 5.91 Å². The van der Waals surface area contributed by atoms with Crippen molar-refractivity contribution in [1.82, 2.24) is 4.31 Å². The third-order valence-corrected chi connectivity index (χ3v) is 7.26. The van der Waals surface area contributed by atoms with Crippen LogP contribution in [0.2, 0.25) is 0 Å². The second kappa shape index (κ2) is 9.35. The summed E-state index contributed by atoms with van der Waals surface area (Å²) >= 11 is 0. The molecule has 0 aromatic heterocycles. The highest BCUT2D eigenvalue weighted by Gasteiger charge is 2.44. The molecule has 0 aliphatic carbocycles. The number of nitrogens with zero attached hydrogens (tertiary/aromatic N) is 1. The Balaban J connectivity index is 1.68. The molecule has 3 rings (SSSR count). The predicted molar refractivity (Wildman–Crippen MR) is 115 cm³/mol. The number of amides is 1. The van der Waals surface area contributed by atoms with E-state index < -0.39 is 46.5 Å². The van der Waals surface area contributed by atoms with Gasteiger partial charge in [0.2, 0.25) is 10.0 Å². The average Bonchev–Trinajstić information content (AvgIpc) is 3.13. The number of nitrogens with one attached hydrogen (secondary N) is 1. The lowest BCUT2D eigenvalue weighted by molar-refractivity contribution is -0.150. The average molecular weight is 465 g/mol. The third-order valence-electron chi connectivity index (χ3n) is 5.39. The third kappa shape index (κ3) is 5.14. The van der Waals surface area contributed by atoms with Crippen molar-refractivity contribution in [2.45, 2.75) is 44.2 Å². The zero-order valence-electron chi connectivity index (χ0n) is 18.0. The maximum absolute atomic E-state index is 13.6. The second-order valence-corrected chi connectivity index (χ2v) is 9.74. The van der Waals surface area contributed by atoms with Crippen LogP contribution in [0.3, 0.4) is 0 Å². The van der Waals surface area contributed by atoms with Gasteiger partial charge in [0.15, 0.2) is 6.61 Å². The molecule has 1 fully saturated rings. The van der Waals surface area contributed by atoms with E-state index in [9.17, 15) is 27.5 Å². The van der Waals surface area contributed by atoms with Crippen LogP contribution in [-0.2, 0) is 24.3 Å². The van der Waals surface area contributed by atoms with Crippen LogP contribution in [-0.4, -0.2) is 55.0 Å². The van der Waals surface area contributed by atoms with E-state index in [-0.39, 0.29) is 23.5 Å².